The number of methoxy groups -OCH3 is 1. The molecule has 0 aromatic heterocycles. The van der Waals surface area contributed by atoms with E-state index >= 15 is 0 Å². The third-order valence-corrected chi connectivity index (χ3v) is 4.74. The summed E-state index contributed by atoms with van der Waals surface area (Å²) in [5.74, 6) is -0.996. The van der Waals surface area contributed by atoms with Crippen LogP contribution < -0.4 is 15.4 Å². The first kappa shape index (κ1) is 17.9. The fourth-order valence-electron chi connectivity index (χ4n) is 2.96. The monoisotopic (exact) mass is 356 g/mol. The predicted molar refractivity (Wildman–Crippen MR) is 95.2 cm³/mol. The highest BCUT2D eigenvalue weighted by molar-refractivity contribution is 6.35. The van der Waals surface area contributed by atoms with Gasteiger partial charge in [0.15, 0.2) is 0 Å². The smallest absolute Gasteiger partial charge is 0.309 e. The highest BCUT2D eigenvalue weighted by atomic mass is 19.1. The molecule has 5 nitrogen and oxygen atoms in total. The van der Waals surface area contributed by atoms with Crippen molar-refractivity contribution in [3.05, 3.63) is 65.5 Å². The first-order valence-electron chi connectivity index (χ1n) is 8.48. The van der Waals surface area contributed by atoms with Crippen LogP contribution in [0.2, 0.25) is 0 Å². The molecule has 26 heavy (non-hydrogen) atoms. The van der Waals surface area contributed by atoms with Crippen LogP contribution in [0, 0.1) is 5.82 Å². The summed E-state index contributed by atoms with van der Waals surface area (Å²) in [6, 6.07) is 13.6. The van der Waals surface area contributed by atoms with Crippen molar-refractivity contribution in [3.63, 3.8) is 0 Å². The third-order valence-electron chi connectivity index (χ3n) is 4.74. The molecule has 1 fully saturated rings. The van der Waals surface area contributed by atoms with Gasteiger partial charge in [-0.25, -0.2) is 4.39 Å². The first-order chi connectivity index (χ1) is 12.5. The number of rotatable bonds is 6. The molecule has 0 atom stereocenters. The molecule has 6 heteroatoms. The lowest BCUT2D eigenvalue weighted by molar-refractivity contribution is -0.139. The molecule has 136 valence electrons. The lowest BCUT2D eigenvalue weighted by Crippen LogP contribution is -2.42. The zero-order chi connectivity index (χ0) is 18.6. The SMILES string of the molecule is COc1ccccc1CNC(=O)C(=O)NCC1(c2ccc(F)cc2)CC1. The number of carbonyl (C=O) groups excluding carboxylic acids is 2. The van der Waals surface area contributed by atoms with E-state index in [0.717, 1.165) is 24.0 Å². The van der Waals surface area contributed by atoms with Crippen molar-refractivity contribution in [1.29, 1.82) is 0 Å². The van der Waals surface area contributed by atoms with Crippen molar-refractivity contribution in [2.45, 2.75) is 24.8 Å². The number of benzene rings is 2. The van der Waals surface area contributed by atoms with Gasteiger partial charge in [-0.05, 0) is 36.6 Å². The van der Waals surface area contributed by atoms with Gasteiger partial charge in [0.25, 0.3) is 0 Å². The highest BCUT2D eigenvalue weighted by Gasteiger charge is 2.44. The van der Waals surface area contributed by atoms with E-state index in [1.807, 2.05) is 18.2 Å². The molecule has 1 aliphatic carbocycles. The first-order valence-corrected chi connectivity index (χ1v) is 8.48. The van der Waals surface area contributed by atoms with Crippen LogP contribution in [0.25, 0.3) is 0 Å². The Morgan fingerprint density at radius 2 is 1.69 bits per heavy atom. The Kier molecular flexibility index (Phi) is 5.21. The van der Waals surface area contributed by atoms with Crippen molar-refractivity contribution in [3.8, 4) is 5.75 Å². The highest BCUT2D eigenvalue weighted by Crippen LogP contribution is 2.47. The van der Waals surface area contributed by atoms with E-state index in [0.29, 0.717) is 12.3 Å². The topological polar surface area (TPSA) is 67.4 Å². The van der Waals surface area contributed by atoms with Crippen molar-refractivity contribution in [1.82, 2.24) is 10.6 Å². The van der Waals surface area contributed by atoms with Crippen LogP contribution in [0.4, 0.5) is 4.39 Å². The quantitative estimate of drug-likeness (QED) is 0.781. The summed E-state index contributed by atoms with van der Waals surface area (Å²) >= 11 is 0. The number of ether oxygens (including phenoxy) is 1. The standard InChI is InChI=1S/C20H21FN2O3/c1-26-17-5-3-2-4-14(17)12-22-18(24)19(25)23-13-20(10-11-20)15-6-8-16(21)9-7-15/h2-9H,10-13H2,1H3,(H,22,24)(H,23,25). The summed E-state index contributed by atoms with van der Waals surface area (Å²) < 4.78 is 18.3. The van der Waals surface area contributed by atoms with E-state index in [9.17, 15) is 14.0 Å². The Hall–Kier alpha value is -2.89. The predicted octanol–water partition coefficient (Wildman–Crippen LogP) is 2.30. The number of carbonyl (C=O) groups is 2. The lowest BCUT2D eigenvalue weighted by Gasteiger charge is -2.16. The Labute approximate surface area is 151 Å². The Morgan fingerprint density at radius 3 is 2.35 bits per heavy atom. The van der Waals surface area contributed by atoms with Gasteiger partial charge in [-0.15, -0.1) is 0 Å². The number of hydrogen-bond acceptors (Lipinski definition) is 3. The summed E-state index contributed by atoms with van der Waals surface area (Å²) in [6.45, 7) is 0.568. The largest absolute Gasteiger partial charge is 0.496 e. The third kappa shape index (κ3) is 4.02. The van der Waals surface area contributed by atoms with E-state index < -0.39 is 11.8 Å². The minimum absolute atomic E-state index is 0.188. The fourth-order valence-corrected chi connectivity index (χ4v) is 2.96. The van der Waals surface area contributed by atoms with E-state index in [4.69, 9.17) is 4.74 Å². The zero-order valence-electron chi connectivity index (χ0n) is 14.5. The maximum absolute atomic E-state index is 13.1. The molecule has 1 aliphatic rings. The molecule has 2 N–H and O–H groups in total. The molecule has 0 unspecified atom stereocenters. The number of nitrogens with one attached hydrogen (secondary N) is 2. The van der Waals surface area contributed by atoms with Crippen LogP contribution in [-0.2, 0) is 21.5 Å². The second-order valence-electron chi connectivity index (χ2n) is 6.46. The Balaban J connectivity index is 1.52. The van der Waals surface area contributed by atoms with E-state index in [1.54, 1.807) is 25.3 Å². The van der Waals surface area contributed by atoms with Crippen molar-refractivity contribution in [2.75, 3.05) is 13.7 Å². The summed E-state index contributed by atoms with van der Waals surface area (Å²) in [5.41, 5.74) is 1.58. The average Bonchev–Trinajstić information content (AvgIpc) is 3.46. The van der Waals surface area contributed by atoms with Gasteiger partial charge in [0.05, 0.1) is 7.11 Å². The molecule has 3 rings (SSSR count). The fraction of sp³-hybridized carbons (Fsp3) is 0.300. The Morgan fingerprint density at radius 1 is 1.04 bits per heavy atom. The van der Waals surface area contributed by atoms with E-state index in [2.05, 4.69) is 10.6 Å². The van der Waals surface area contributed by atoms with Gasteiger partial charge in [0, 0.05) is 24.1 Å². The minimum atomic E-state index is -0.689. The van der Waals surface area contributed by atoms with Crippen molar-refractivity contribution >= 4 is 11.8 Å². The van der Waals surface area contributed by atoms with Crippen LogP contribution in [0.5, 0.6) is 5.75 Å². The molecule has 1 saturated carbocycles. The summed E-state index contributed by atoms with van der Waals surface area (Å²) in [7, 11) is 1.55. The maximum atomic E-state index is 13.1. The van der Waals surface area contributed by atoms with Crippen LogP contribution >= 0.6 is 0 Å². The number of amides is 2. The van der Waals surface area contributed by atoms with Gasteiger partial charge >= 0.3 is 11.8 Å². The van der Waals surface area contributed by atoms with Gasteiger partial charge < -0.3 is 15.4 Å². The lowest BCUT2D eigenvalue weighted by atomic mass is 9.96. The van der Waals surface area contributed by atoms with Gasteiger partial charge in [-0.1, -0.05) is 30.3 Å². The second kappa shape index (κ2) is 7.56. The van der Waals surface area contributed by atoms with Crippen molar-refractivity contribution in [2.24, 2.45) is 0 Å². The molecule has 0 saturated heterocycles. The Bertz CT molecular complexity index is 801. The van der Waals surface area contributed by atoms with Crippen LogP contribution in [-0.4, -0.2) is 25.5 Å². The second-order valence-corrected chi connectivity index (χ2v) is 6.46. The molecular weight excluding hydrogens is 335 g/mol. The van der Waals surface area contributed by atoms with Crippen molar-refractivity contribution < 1.29 is 18.7 Å². The number of para-hydroxylation sites is 1. The number of hydrogen-bond donors (Lipinski definition) is 2. The summed E-state index contributed by atoms with van der Waals surface area (Å²) in [4.78, 5) is 24.1. The molecule has 0 spiro atoms. The van der Waals surface area contributed by atoms with Gasteiger partial charge in [0.1, 0.15) is 11.6 Å². The van der Waals surface area contributed by atoms with Crippen LogP contribution in [0.15, 0.2) is 48.5 Å². The molecule has 0 bridgehead atoms. The number of halogens is 1. The maximum Gasteiger partial charge on any atom is 0.309 e. The molecule has 0 heterocycles. The van der Waals surface area contributed by atoms with E-state index in [1.165, 1.54) is 12.1 Å². The van der Waals surface area contributed by atoms with Crippen LogP contribution in [0.1, 0.15) is 24.0 Å². The molecule has 2 aromatic rings. The van der Waals surface area contributed by atoms with E-state index in [-0.39, 0.29) is 17.8 Å². The normalized spacial score (nSPS) is 14.4. The zero-order valence-corrected chi connectivity index (χ0v) is 14.5. The van der Waals surface area contributed by atoms with Gasteiger partial charge in [0.2, 0.25) is 0 Å². The molecular formula is C20H21FN2O3. The minimum Gasteiger partial charge on any atom is -0.496 e. The van der Waals surface area contributed by atoms with Gasteiger partial charge in [-0.3, -0.25) is 9.59 Å². The average molecular weight is 356 g/mol. The summed E-state index contributed by atoms with van der Waals surface area (Å²) in [5, 5.41) is 5.28. The molecule has 2 amide bonds. The molecule has 2 aromatic carbocycles. The molecule has 0 radical (unpaired) electrons. The van der Waals surface area contributed by atoms with Gasteiger partial charge in [-0.2, -0.15) is 0 Å². The summed E-state index contributed by atoms with van der Waals surface area (Å²) in [6.07, 6.45) is 1.81. The molecule has 0 aliphatic heterocycles. The van der Waals surface area contributed by atoms with Crippen LogP contribution in [0.3, 0.4) is 0 Å².